The number of hydrogen-bond donors (Lipinski definition) is 0. The quantitative estimate of drug-likeness (QED) is 0.494. The predicted octanol–water partition coefficient (Wildman–Crippen LogP) is 2.26. The van der Waals surface area contributed by atoms with E-state index in [1.165, 1.54) is 17.8 Å². The number of hydrogen-bond acceptors (Lipinski definition) is 4. The molecule has 0 aliphatic rings. The molecule has 0 spiro atoms. The third-order valence-electron chi connectivity index (χ3n) is 2.64. The van der Waals surface area contributed by atoms with E-state index in [2.05, 4.69) is 14.8 Å². The zero-order chi connectivity index (χ0) is 13.3. The van der Waals surface area contributed by atoms with Crippen molar-refractivity contribution in [3.8, 4) is 0 Å². The molecule has 0 unspecified atom stereocenters. The molecule has 0 aliphatic carbocycles. The summed E-state index contributed by atoms with van der Waals surface area (Å²) in [6.45, 7) is 1.82. The zero-order valence-electron chi connectivity index (χ0n) is 9.91. The number of ether oxygens (including phenoxy) is 1. The van der Waals surface area contributed by atoms with Crippen LogP contribution in [-0.2, 0) is 11.2 Å². The van der Waals surface area contributed by atoms with Crippen molar-refractivity contribution in [1.82, 2.24) is 14.6 Å². The van der Waals surface area contributed by atoms with Crippen LogP contribution in [0, 0.1) is 6.92 Å². The van der Waals surface area contributed by atoms with E-state index in [9.17, 15) is 4.79 Å². The summed E-state index contributed by atoms with van der Waals surface area (Å²) in [5.41, 5.74) is 2.25. The maximum atomic E-state index is 11.5. The number of halogens is 2. The summed E-state index contributed by atoms with van der Waals surface area (Å²) >= 11 is 12.0. The Morgan fingerprint density at radius 3 is 2.89 bits per heavy atom. The first-order chi connectivity index (χ1) is 8.60. The second-order valence-corrected chi connectivity index (χ2v) is 4.43. The zero-order valence-corrected chi connectivity index (χ0v) is 11.4. The van der Waals surface area contributed by atoms with Gasteiger partial charge in [-0.15, -0.1) is 11.6 Å². The molecule has 5 nitrogen and oxygen atoms in total. The normalized spacial score (nSPS) is 10.9. The molecule has 18 heavy (non-hydrogen) atoms. The molecule has 7 heteroatoms. The monoisotopic (exact) mass is 287 g/mol. The third-order valence-corrected chi connectivity index (χ3v) is 3.22. The summed E-state index contributed by atoms with van der Waals surface area (Å²) in [5.74, 6) is -0.0446. The molecule has 2 aromatic rings. The summed E-state index contributed by atoms with van der Waals surface area (Å²) in [4.78, 5) is 15.9. The Morgan fingerprint density at radius 2 is 2.28 bits per heavy atom. The van der Waals surface area contributed by atoms with Crippen LogP contribution in [0.15, 0.2) is 6.20 Å². The minimum atomic E-state index is -0.488. The lowest BCUT2D eigenvalue weighted by atomic mass is 10.2. The van der Waals surface area contributed by atoms with Crippen LogP contribution in [0.25, 0.3) is 5.65 Å². The highest BCUT2D eigenvalue weighted by molar-refractivity contribution is 6.30. The molecular weight excluding hydrogens is 277 g/mol. The number of rotatable bonds is 3. The van der Waals surface area contributed by atoms with Gasteiger partial charge in [-0.2, -0.15) is 5.10 Å². The largest absolute Gasteiger partial charge is 0.465 e. The first-order valence-electron chi connectivity index (χ1n) is 5.27. The molecule has 0 aromatic carbocycles. The molecule has 2 heterocycles. The molecule has 0 bridgehead atoms. The average molecular weight is 288 g/mol. The summed E-state index contributed by atoms with van der Waals surface area (Å²) in [6, 6.07) is 0. The Bertz CT molecular complexity index is 610. The van der Waals surface area contributed by atoms with Gasteiger partial charge in [-0.05, 0) is 13.3 Å². The van der Waals surface area contributed by atoms with Crippen molar-refractivity contribution in [3.63, 3.8) is 0 Å². The van der Waals surface area contributed by atoms with Gasteiger partial charge in [0.05, 0.1) is 13.3 Å². The highest BCUT2D eigenvalue weighted by Gasteiger charge is 2.19. The van der Waals surface area contributed by atoms with E-state index in [4.69, 9.17) is 23.2 Å². The van der Waals surface area contributed by atoms with Crippen molar-refractivity contribution >= 4 is 34.8 Å². The number of methoxy groups -OCH3 is 1. The molecule has 0 fully saturated rings. The van der Waals surface area contributed by atoms with Crippen molar-refractivity contribution in [2.75, 3.05) is 13.0 Å². The van der Waals surface area contributed by atoms with Crippen LogP contribution < -0.4 is 0 Å². The van der Waals surface area contributed by atoms with E-state index in [-0.39, 0.29) is 0 Å². The molecule has 0 radical (unpaired) electrons. The van der Waals surface area contributed by atoms with Gasteiger partial charge in [0.2, 0.25) is 0 Å². The van der Waals surface area contributed by atoms with E-state index in [0.717, 1.165) is 11.3 Å². The van der Waals surface area contributed by atoms with Crippen LogP contribution in [0.1, 0.15) is 21.6 Å². The van der Waals surface area contributed by atoms with E-state index < -0.39 is 5.97 Å². The highest BCUT2D eigenvalue weighted by Crippen LogP contribution is 2.23. The Hall–Kier alpha value is -1.33. The predicted molar refractivity (Wildman–Crippen MR) is 68.5 cm³/mol. The van der Waals surface area contributed by atoms with Crippen LogP contribution in [-0.4, -0.2) is 33.6 Å². The van der Waals surface area contributed by atoms with E-state index >= 15 is 0 Å². The number of carbonyl (C=O) groups excluding carboxylic acids is 1. The smallest absolute Gasteiger partial charge is 0.343 e. The van der Waals surface area contributed by atoms with Gasteiger partial charge >= 0.3 is 5.97 Å². The molecule has 96 valence electrons. The fourth-order valence-corrected chi connectivity index (χ4v) is 2.27. The fourth-order valence-electron chi connectivity index (χ4n) is 1.73. The minimum Gasteiger partial charge on any atom is -0.465 e. The van der Waals surface area contributed by atoms with E-state index in [0.29, 0.717) is 28.7 Å². The Labute approximate surface area is 114 Å². The fraction of sp³-hybridized carbons (Fsp3) is 0.364. The van der Waals surface area contributed by atoms with Crippen molar-refractivity contribution in [2.24, 2.45) is 0 Å². The van der Waals surface area contributed by atoms with Crippen LogP contribution in [0.3, 0.4) is 0 Å². The van der Waals surface area contributed by atoms with Gasteiger partial charge in [-0.1, -0.05) is 11.6 Å². The number of aromatic nitrogens is 3. The van der Waals surface area contributed by atoms with E-state index in [1.54, 1.807) is 0 Å². The summed E-state index contributed by atoms with van der Waals surface area (Å²) in [6.07, 6.45) is 1.99. The molecule has 0 amide bonds. The second kappa shape index (κ2) is 5.12. The first-order valence-corrected chi connectivity index (χ1v) is 6.18. The van der Waals surface area contributed by atoms with Gasteiger partial charge in [0.1, 0.15) is 10.7 Å². The number of fused-ring (bicyclic) bond motifs is 1. The second-order valence-electron chi connectivity index (χ2n) is 3.69. The Balaban J connectivity index is 2.68. The van der Waals surface area contributed by atoms with Gasteiger partial charge in [-0.3, -0.25) is 0 Å². The first kappa shape index (κ1) is 13.1. The number of esters is 1. The van der Waals surface area contributed by atoms with Crippen LogP contribution in [0.4, 0.5) is 0 Å². The van der Waals surface area contributed by atoms with Crippen molar-refractivity contribution in [3.05, 3.63) is 28.2 Å². The lowest BCUT2D eigenvalue weighted by Crippen LogP contribution is -2.06. The molecule has 0 atom stereocenters. The standard InChI is InChI=1S/C11H11Cl2N3O2/c1-6-7(3-4-12)9(13)16-10(15-6)8(5-14-16)11(17)18-2/h5H,3-4H2,1-2H3. The minimum absolute atomic E-state index is 0.292. The number of alkyl halides is 1. The Morgan fingerprint density at radius 1 is 1.56 bits per heavy atom. The maximum absolute atomic E-state index is 11.5. The molecular formula is C11H11Cl2N3O2. The topological polar surface area (TPSA) is 56.5 Å². The summed E-state index contributed by atoms with van der Waals surface area (Å²) in [5, 5.41) is 4.47. The molecule has 0 N–H and O–H groups in total. The highest BCUT2D eigenvalue weighted by atomic mass is 35.5. The Kier molecular flexibility index (Phi) is 3.73. The number of nitrogens with zero attached hydrogens (tertiary/aromatic N) is 3. The van der Waals surface area contributed by atoms with Gasteiger partial charge in [0.25, 0.3) is 0 Å². The summed E-state index contributed by atoms with van der Waals surface area (Å²) < 4.78 is 6.08. The van der Waals surface area contributed by atoms with Gasteiger partial charge in [-0.25, -0.2) is 14.3 Å². The van der Waals surface area contributed by atoms with Crippen LogP contribution in [0.5, 0.6) is 0 Å². The van der Waals surface area contributed by atoms with Crippen molar-refractivity contribution in [1.29, 1.82) is 0 Å². The maximum Gasteiger partial charge on any atom is 0.343 e. The number of carbonyl (C=O) groups is 1. The third kappa shape index (κ3) is 2.04. The molecule has 2 rings (SSSR count). The number of aryl methyl sites for hydroxylation is 1. The van der Waals surface area contributed by atoms with Gasteiger partial charge in [0, 0.05) is 17.1 Å². The van der Waals surface area contributed by atoms with Crippen LogP contribution >= 0.6 is 23.2 Å². The lowest BCUT2D eigenvalue weighted by molar-refractivity contribution is 0.0602. The SMILES string of the molecule is COC(=O)c1cnn2c(Cl)c(CCCl)c(C)nc12. The molecule has 2 aromatic heterocycles. The van der Waals surface area contributed by atoms with Gasteiger partial charge in [0.15, 0.2) is 5.65 Å². The van der Waals surface area contributed by atoms with Crippen LogP contribution in [0.2, 0.25) is 5.15 Å². The molecule has 0 saturated heterocycles. The van der Waals surface area contributed by atoms with Crippen molar-refractivity contribution < 1.29 is 9.53 Å². The van der Waals surface area contributed by atoms with Gasteiger partial charge < -0.3 is 4.74 Å². The van der Waals surface area contributed by atoms with E-state index in [1.807, 2.05) is 6.92 Å². The van der Waals surface area contributed by atoms with Crippen molar-refractivity contribution in [2.45, 2.75) is 13.3 Å². The molecule has 0 aliphatic heterocycles. The average Bonchev–Trinajstić information content (AvgIpc) is 2.77. The molecule has 0 saturated carbocycles. The summed E-state index contributed by atoms with van der Waals surface area (Å²) in [7, 11) is 1.31. The lowest BCUT2D eigenvalue weighted by Gasteiger charge is -2.08.